The average Bonchev–Trinajstić information content (AvgIpc) is 2.30. The predicted octanol–water partition coefficient (Wildman–Crippen LogP) is 2.59. The second kappa shape index (κ2) is 5.39. The summed E-state index contributed by atoms with van der Waals surface area (Å²) < 4.78 is 0. The molecule has 0 N–H and O–H groups in total. The van der Waals surface area contributed by atoms with Gasteiger partial charge in [0.25, 0.3) is 0 Å². The van der Waals surface area contributed by atoms with Gasteiger partial charge >= 0.3 is 0 Å². The molecule has 0 atom stereocenters. The summed E-state index contributed by atoms with van der Waals surface area (Å²) in [5.74, 6) is 0.466. The third-order valence-corrected chi connectivity index (χ3v) is 3.13. The van der Waals surface area contributed by atoms with E-state index in [-0.39, 0.29) is 0 Å². The molecule has 0 aromatic carbocycles. The minimum atomic E-state index is 0.466. The van der Waals surface area contributed by atoms with E-state index in [0.29, 0.717) is 5.92 Å². The molecule has 0 saturated carbocycles. The van der Waals surface area contributed by atoms with Crippen molar-refractivity contribution in [3.63, 3.8) is 0 Å². The molecule has 0 spiro atoms. The monoisotopic (exact) mass is 219 g/mol. The molecule has 0 aliphatic carbocycles. The van der Waals surface area contributed by atoms with Gasteiger partial charge in [0, 0.05) is 18.9 Å². The first-order valence-electron chi connectivity index (χ1n) is 6.29. The van der Waals surface area contributed by atoms with Crippen LogP contribution in [-0.4, -0.2) is 28.0 Å². The Kier molecular flexibility index (Phi) is 3.88. The average molecular weight is 219 g/mol. The fourth-order valence-electron chi connectivity index (χ4n) is 2.12. The van der Waals surface area contributed by atoms with E-state index in [2.05, 4.69) is 28.7 Å². The lowest BCUT2D eigenvalue weighted by Gasteiger charge is -2.25. The molecule has 0 amide bonds. The van der Waals surface area contributed by atoms with Gasteiger partial charge < -0.3 is 0 Å². The first kappa shape index (κ1) is 11.5. The fourth-order valence-corrected chi connectivity index (χ4v) is 2.12. The van der Waals surface area contributed by atoms with E-state index < -0.39 is 0 Å². The number of aromatic nitrogens is 2. The Morgan fingerprint density at radius 2 is 1.94 bits per heavy atom. The highest BCUT2D eigenvalue weighted by Gasteiger charge is 2.11. The largest absolute Gasteiger partial charge is 0.297 e. The molecule has 1 saturated heterocycles. The van der Waals surface area contributed by atoms with Crippen LogP contribution in [0, 0.1) is 0 Å². The summed E-state index contributed by atoms with van der Waals surface area (Å²) >= 11 is 0. The molecule has 88 valence electrons. The Morgan fingerprint density at radius 3 is 2.62 bits per heavy atom. The van der Waals surface area contributed by atoms with Gasteiger partial charge in [0.05, 0.1) is 11.4 Å². The third kappa shape index (κ3) is 3.01. The lowest BCUT2D eigenvalue weighted by Crippen LogP contribution is -2.29. The summed E-state index contributed by atoms with van der Waals surface area (Å²) in [6.07, 6.45) is 7.83. The highest BCUT2D eigenvalue weighted by atomic mass is 15.1. The first-order chi connectivity index (χ1) is 7.75. The summed E-state index contributed by atoms with van der Waals surface area (Å²) in [7, 11) is 0. The standard InChI is InChI=1S/C13H21N3/c1-11(2)13-9-14-8-12(15-13)10-16-6-4-3-5-7-16/h8-9,11H,3-7,10H2,1-2H3. The van der Waals surface area contributed by atoms with E-state index in [9.17, 15) is 0 Å². The summed E-state index contributed by atoms with van der Waals surface area (Å²) in [6.45, 7) is 7.72. The van der Waals surface area contributed by atoms with Crippen molar-refractivity contribution in [1.29, 1.82) is 0 Å². The number of likely N-dealkylation sites (tertiary alicyclic amines) is 1. The molecule has 2 heterocycles. The van der Waals surface area contributed by atoms with E-state index in [1.807, 2.05) is 12.4 Å². The lowest BCUT2D eigenvalue weighted by molar-refractivity contribution is 0.218. The van der Waals surface area contributed by atoms with Crippen LogP contribution >= 0.6 is 0 Å². The molecule has 1 aliphatic heterocycles. The van der Waals surface area contributed by atoms with Gasteiger partial charge in [-0.05, 0) is 31.8 Å². The highest BCUT2D eigenvalue weighted by molar-refractivity contribution is 5.06. The first-order valence-corrected chi connectivity index (χ1v) is 6.29. The van der Waals surface area contributed by atoms with Crippen molar-refractivity contribution >= 4 is 0 Å². The maximum absolute atomic E-state index is 4.66. The summed E-state index contributed by atoms with van der Waals surface area (Å²) in [6, 6.07) is 0. The normalized spacial score (nSPS) is 17.9. The Bertz CT molecular complexity index is 330. The summed E-state index contributed by atoms with van der Waals surface area (Å²) in [5, 5.41) is 0. The smallest absolute Gasteiger partial charge is 0.0730 e. The Labute approximate surface area is 97.9 Å². The van der Waals surface area contributed by atoms with Gasteiger partial charge in [-0.1, -0.05) is 20.3 Å². The summed E-state index contributed by atoms with van der Waals surface area (Å²) in [4.78, 5) is 11.4. The van der Waals surface area contributed by atoms with Crippen LogP contribution in [0.25, 0.3) is 0 Å². The lowest BCUT2D eigenvalue weighted by atomic mass is 10.1. The molecule has 1 aliphatic rings. The Morgan fingerprint density at radius 1 is 1.19 bits per heavy atom. The molecule has 3 nitrogen and oxygen atoms in total. The van der Waals surface area contributed by atoms with Gasteiger partial charge in [-0.15, -0.1) is 0 Å². The minimum Gasteiger partial charge on any atom is -0.297 e. The van der Waals surface area contributed by atoms with Crippen molar-refractivity contribution in [1.82, 2.24) is 14.9 Å². The van der Waals surface area contributed by atoms with Crippen molar-refractivity contribution < 1.29 is 0 Å². The van der Waals surface area contributed by atoms with Crippen LogP contribution in [0.3, 0.4) is 0 Å². The van der Waals surface area contributed by atoms with Gasteiger partial charge in [-0.25, -0.2) is 0 Å². The van der Waals surface area contributed by atoms with Gasteiger partial charge in [0.1, 0.15) is 0 Å². The van der Waals surface area contributed by atoms with E-state index in [1.165, 1.54) is 32.4 Å². The zero-order valence-electron chi connectivity index (χ0n) is 10.3. The number of rotatable bonds is 3. The minimum absolute atomic E-state index is 0.466. The van der Waals surface area contributed by atoms with Gasteiger partial charge in [0.15, 0.2) is 0 Å². The van der Waals surface area contributed by atoms with E-state index in [0.717, 1.165) is 17.9 Å². The predicted molar refractivity (Wildman–Crippen MR) is 65.2 cm³/mol. The fraction of sp³-hybridized carbons (Fsp3) is 0.692. The number of hydrogen-bond acceptors (Lipinski definition) is 3. The van der Waals surface area contributed by atoms with Crippen molar-refractivity contribution in [3.8, 4) is 0 Å². The molecular formula is C13H21N3. The molecular weight excluding hydrogens is 198 g/mol. The second-order valence-electron chi connectivity index (χ2n) is 4.93. The van der Waals surface area contributed by atoms with E-state index in [4.69, 9.17) is 0 Å². The molecule has 16 heavy (non-hydrogen) atoms. The molecule has 2 rings (SSSR count). The number of nitrogens with zero attached hydrogens (tertiary/aromatic N) is 3. The zero-order valence-corrected chi connectivity index (χ0v) is 10.3. The van der Waals surface area contributed by atoms with Crippen LogP contribution in [0.4, 0.5) is 0 Å². The van der Waals surface area contributed by atoms with Gasteiger partial charge in [-0.3, -0.25) is 14.9 Å². The summed E-state index contributed by atoms with van der Waals surface area (Å²) in [5.41, 5.74) is 2.22. The number of hydrogen-bond donors (Lipinski definition) is 0. The maximum atomic E-state index is 4.66. The van der Waals surface area contributed by atoms with Crippen molar-refractivity contribution in [2.75, 3.05) is 13.1 Å². The molecule has 1 aromatic heterocycles. The SMILES string of the molecule is CC(C)c1cncc(CN2CCCCC2)n1. The van der Waals surface area contributed by atoms with Crippen LogP contribution in [0.15, 0.2) is 12.4 Å². The van der Waals surface area contributed by atoms with Crippen LogP contribution in [0.1, 0.15) is 50.4 Å². The third-order valence-electron chi connectivity index (χ3n) is 3.13. The maximum Gasteiger partial charge on any atom is 0.0730 e. The topological polar surface area (TPSA) is 29.0 Å². The molecule has 1 aromatic rings. The zero-order chi connectivity index (χ0) is 11.4. The quantitative estimate of drug-likeness (QED) is 0.782. The van der Waals surface area contributed by atoms with Gasteiger partial charge in [0.2, 0.25) is 0 Å². The molecule has 0 bridgehead atoms. The molecule has 0 radical (unpaired) electrons. The van der Waals surface area contributed by atoms with E-state index in [1.54, 1.807) is 0 Å². The van der Waals surface area contributed by atoms with Crippen molar-refractivity contribution in [2.45, 2.75) is 45.6 Å². The Balaban J connectivity index is 2.00. The van der Waals surface area contributed by atoms with Crippen LogP contribution in [0.5, 0.6) is 0 Å². The van der Waals surface area contributed by atoms with Crippen molar-refractivity contribution in [2.24, 2.45) is 0 Å². The van der Waals surface area contributed by atoms with Crippen molar-refractivity contribution in [3.05, 3.63) is 23.8 Å². The van der Waals surface area contributed by atoms with Crippen LogP contribution in [0.2, 0.25) is 0 Å². The van der Waals surface area contributed by atoms with Crippen LogP contribution < -0.4 is 0 Å². The molecule has 3 heteroatoms. The van der Waals surface area contributed by atoms with Crippen LogP contribution in [-0.2, 0) is 6.54 Å². The molecule has 0 unspecified atom stereocenters. The highest BCUT2D eigenvalue weighted by Crippen LogP contribution is 2.14. The van der Waals surface area contributed by atoms with E-state index >= 15 is 0 Å². The second-order valence-corrected chi connectivity index (χ2v) is 4.93. The Hall–Kier alpha value is -0.960. The molecule has 1 fully saturated rings. The van der Waals surface area contributed by atoms with Gasteiger partial charge in [-0.2, -0.15) is 0 Å². The number of piperidine rings is 1.